The van der Waals surface area contributed by atoms with E-state index in [2.05, 4.69) is 9.89 Å². The van der Waals surface area contributed by atoms with Crippen LogP contribution < -0.4 is 5.73 Å². The number of guanidine groups is 1. The Morgan fingerprint density at radius 1 is 1.37 bits per heavy atom. The van der Waals surface area contributed by atoms with Crippen LogP contribution in [0.15, 0.2) is 4.99 Å². The number of rotatable bonds is 3. The van der Waals surface area contributed by atoms with Crippen LogP contribution in [0.2, 0.25) is 0 Å². The molecule has 2 heterocycles. The third kappa shape index (κ3) is 3.01. The van der Waals surface area contributed by atoms with Crippen molar-refractivity contribution in [3.8, 4) is 0 Å². The fraction of sp³-hybridized carbons (Fsp3) is 0.923. The third-order valence-corrected chi connectivity index (χ3v) is 4.08. The summed E-state index contributed by atoms with van der Waals surface area (Å²) < 4.78 is 17.2. The molecule has 3 fully saturated rings. The number of hydrogen-bond donors (Lipinski definition) is 1. The SMILES string of the molecule is CN(C(N)=NCC1COC2(CCOCC2)O1)C1CC1. The van der Waals surface area contributed by atoms with Crippen molar-refractivity contribution < 1.29 is 14.2 Å². The standard InChI is InChI=1S/C13H23N3O3/c1-16(10-2-3-10)12(14)15-8-11-9-18-13(19-11)4-6-17-7-5-13/h10-11H,2-9H2,1H3,(H2,14,15). The van der Waals surface area contributed by atoms with E-state index in [-0.39, 0.29) is 6.10 Å². The molecular weight excluding hydrogens is 246 g/mol. The van der Waals surface area contributed by atoms with Crippen molar-refractivity contribution in [3.05, 3.63) is 0 Å². The number of ether oxygens (including phenoxy) is 3. The van der Waals surface area contributed by atoms with Crippen molar-refractivity contribution in [2.75, 3.05) is 33.4 Å². The van der Waals surface area contributed by atoms with Crippen LogP contribution in [0.25, 0.3) is 0 Å². The lowest BCUT2D eigenvalue weighted by Gasteiger charge is -2.31. The summed E-state index contributed by atoms with van der Waals surface area (Å²) in [5.74, 6) is 0.189. The van der Waals surface area contributed by atoms with E-state index in [1.807, 2.05) is 7.05 Å². The molecule has 1 unspecified atom stereocenters. The maximum Gasteiger partial charge on any atom is 0.191 e. The fourth-order valence-electron chi connectivity index (χ4n) is 2.61. The molecule has 0 aromatic carbocycles. The molecule has 19 heavy (non-hydrogen) atoms. The highest BCUT2D eigenvalue weighted by atomic mass is 16.7. The maximum atomic E-state index is 6.01. The molecule has 1 aliphatic carbocycles. The zero-order valence-electron chi connectivity index (χ0n) is 11.5. The van der Waals surface area contributed by atoms with Crippen molar-refractivity contribution in [1.29, 1.82) is 0 Å². The molecular formula is C13H23N3O3. The Bertz CT molecular complexity index is 351. The summed E-state index contributed by atoms with van der Waals surface area (Å²) in [4.78, 5) is 6.49. The predicted molar refractivity (Wildman–Crippen MR) is 70.9 cm³/mol. The minimum Gasteiger partial charge on any atom is -0.381 e. The average Bonchev–Trinajstić information content (AvgIpc) is 3.21. The van der Waals surface area contributed by atoms with Crippen LogP contribution in [-0.4, -0.2) is 62.2 Å². The van der Waals surface area contributed by atoms with Crippen molar-refractivity contribution in [2.45, 2.75) is 43.6 Å². The van der Waals surface area contributed by atoms with Gasteiger partial charge in [-0.1, -0.05) is 0 Å². The predicted octanol–water partition coefficient (Wildman–Crippen LogP) is 0.317. The summed E-state index contributed by atoms with van der Waals surface area (Å²) in [7, 11) is 2.00. The van der Waals surface area contributed by atoms with Crippen LogP contribution >= 0.6 is 0 Å². The third-order valence-electron chi connectivity index (χ3n) is 4.08. The Kier molecular flexibility index (Phi) is 3.64. The molecule has 1 atom stereocenters. The molecule has 2 saturated heterocycles. The Morgan fingerprint density at radius 3 is 2.79 bits per heavy atom. The highest BCUT2D eigenvalue weighted by Crippen LogP contribution is 2.33. The largest absolute Gasteiger partial charge is 0.381 e. The summed E-state index contributed by atoms with van der Waals surface area (Å²) in [6, 6.07) is 0.589. The van der Waals surface area contributed by atoms with Gasteiger partial charge in [-0.3, -0.25) is 4.99 Å². The first-order valence-electron chi connectivity index (χ1n) is 7.11. The van der Waals surface area contributed by atoms with Crippen LogP contribution in [0.4, 0.5) is 0 Å². The second kappa shape index (κ2) is 5.26. The van der Waals surface area contributed by atoms with Gasteiger partial charge in [-0.05, 0) is 12.8 Å². The molecule has 1 saturated carbocycles. The highest BCUT2D eigenvalue weighted by Gasteiger charge is 2.42. The van der Waals surface area contributed by atoms with Gasteiger partial charge in [0.2, 0.25) is 0 Å². The van der Waals surface area contributed by atoms with Crippen molar-refractivity contribution in [2.24, 2.45) is 10.7 Å². The molecule has 1 spiro atoms. The minimum absolute atomic E-state index is 0.0178. The summed E-state index contributed by atoms with van der Waals surface area (Å²) in [6.07, 6.45) is 4.08. The number of aliphatic imine (C=N–C) groups is 1. The lowest BCUT2D eigenvalue weighted by Crippen LogP contribution is -2.38. The van der Waals surface area contributed by atoms with E-state index in [1.54, 1.807) is 0 Å². The molecule has 2 N–H and O–H groups in total. The topological polar surface area (TPSA) is 69.3 Å². The van der Waals surface area contributed by atoms with E-state index in [4.69, 9.17) is 19.9 Å². The van der Waals surface area contributed by atoms with Gasteiger partial charge in [0, 0.05) is 25.9 Å². The zero-order chi connectivity index (χ0) is 13.3. The average molecular weight is 269 g/mol. The lowest BCUT2D eigenvalue weighted by molar-refractivity contribution is -0.210. The van der Waals surface area contributed by atoms with E-state index in [0.29, 0.717) is 38.4 Å². The normalized spacial score (nSPS) is 30.8. The molecule has 0 amide bonds. The Hall–Kier alpha value is -0.850. The second-order valence-electron chi connectivity index (χ2n) is 5.61. The first-order valence-corrected chi connectivity index (χ1v) is 7.11. The minimum atomic E-state index is -0.421. The smallest absolute Gasteiger partial charge is 0.191 e. The molecule has 108 valence electrons. The summed E-state index contributed by atoms with van der Waals surface area (Å²) in [5, 5.41) is 0. The number of nitrogens with two attached hydrogens (primary N) is 1. The van der Waals surface area contributed by atoms with E-state index in [9.17, 15) is 0 Å². The summed E-state index contributed by atoms with van der Waals surface area (Å²) >= 11 is 0. The molecule has 3 rings (SSSR count). The highest BCUT2D eigenvalue weighted by molar-refractivity contribution is 5.78. The maximum absolute atomic E-state index is 6.01. The number of hydrogen-bond acceptors (Lipinski definition) is 4. The molecule has 0 aromatic rings. The van der Waals surface area contributed by atoms with E-state index >= 15 is 0 Å². The van der Waals surface area contributed by atoms with Gasteiger partial charge in [-0.15, -0.1) is 0 Å². The van der Waals surface area contributed by atoms with Crippen LogP contribution in [0.1, 0.15) is 25.7 Å². The molecule has 0 bridgehead atoms. The first kappa shape index (κ1) is 13.1. The molecule has 3 aliphatic rings. The van der Waals surface area contributed by atoms with Gasteiger partial charge in [0.25, 0.3) is 0 Å². The monoisotopic (exact) mass is 269 g/mol. The Morgan fingerprint density at radius 2 is 2.11 bits per heavy atom. The quantitative estimate of drug-likeness (QED) is 0.590. The second-order valence-corrected chi connectivity index (χ2v) is 5.61. The van der Waals surface area contributed by atoms with Gasteiger partial charge in [0.05, 0.1) is 26.4 Å². The molecule has 6 heteroatoms. The van der Waals surface area contributed by atoms with Gasteiger partial charge >= 0.3 is 0 Å². The van der Waals surface area contributed by atoms with Crippen LogP contribution in [0, 0.1) is 0 Å². The fourth-order valence-corrected chi connectivity index (χ4v) is 2.61. The summed E-state index contributed by atoms with van der Waals surface area (Å²) in [6.45, 7) is 2.60. The van der Waals surface area contributed by atoms with E-state index in [1.165, 1.54) is 12.8 Å². The van der Waals surface area contributed by atoms with Crippen LogP contribution in [0.5, 0.6) is 0 Å². The lowest BCUT2D eigenvalue weighted by atomic mass is 10.1. The zero-order valence-corrected chi connectivity index (χ0v) is 11.5. The van der Waals surface area contributed by atoms with Crippen LogP contribution in [0.3, 0.4) is 0 Å². The van der Waals surface area contributed by atoms with Gasteiger partial charge in [0.1, 0.15) is 6.10 Å². The molecule has 6 nitrogen and oxygen atoms in total. The molecule has 0 aromatic heterocycles. The van der Waals surface area contributed by atoms with Gasteiger partial charge in [-0.2, -0.15) is 0 Å². The summed E-state index contributed by atoms with van der Waals surface area (Å²) in [5.41, 5.74) is 5.97. The van der Waals surface area contributed by atoms with Gasteiger partial charge in [0.15, 0.2) is 11.7 Å². The van der Waals surface area contributed by atoms with Crippen molar-refractivity contribution >= 4 is 5.96 Å². The van der Waals surface area contributed by atoms with Gasteiger partial charge < -0.3 is 24.8 Å². The van der Waals surface area contributed by atoms with Crippen LogP contribution in [-0.2, 0) is 14.2 Å². The van der Waals surface area contributed by atoms with E-state index in [0.717, 1.165) is 12.8 Å². The van der Waals surface area contributed by atoms with E-state index < -0.39 is 5.79 Å². The Labute approximate surface area is 113 Å². The van der Waals surface area contributed by atoms with Crippen molar-refractivity contribution in [1.82, 2.24) is 4.90 Å². The number of nitrogens with zero attached hydrogens (tertiary/aromatic N) is 2. The first-order chi connectivity index (χ1) is 9.19. The Balaban J connectivity index is 1.49. The molecule has 2 aliphatic heterocycles. The van der Waals surface area contributed by atoms with Crippen molar-refractivity contribution in [3.63, 3.8) is 0 Å². The van der Waals surface area contributed by atoms with Gasteiger partial charge in [-0.25, -0.2) is 0 Å². The molecule has 0 radical (unpaired) electrons.